The number of allylic oxidation sites excluding steroid dienone is 6. The minimum Gasteiger partial charge on any atom is -0.290 e. The highest BCUT2D eigenvalue weighted by Crippen LogP contribution is 2.42. The van der Waals surface area contributed by atoms with Crippen molar-refractivity contribution >= 4 is 5.78 Å². The third-order valence-electron chi connectivity index (χ3n) is 3.83. The molecule has 2 rings (SSSR count). The lowest BCUT2D eigenvalue weighted by molar-refractivity contribution is -0.112. The second kappa shape index (κ2) is 4.04. The Balaban J connectivity index is 2.53. The summed E-state index contributed by atoms with van der Waals surface area (Å²) in [5.41, 5.74) is 4.91. The SMILES string of the molecule is CC1=C[C@H]2C(=C(C)C)C(=O)C=C(C)[C@H]2CC1. The van der Waals surface area contributed by atoms with Gasteiger partial charge in [0.1, 0.15) is 0 Å². The number of carbonyl (C=O) groups excluding carboxylic acids is 1. The molecule has 0 unspecified atom stereocenters. The Morgan fingerprint density at radius 2 is 2.00 bits per heavy atom. The van der Waals surface area contributed by atoms with Gasteiger partial charge < -0.3 is 0 Å². The average molecular weight is 216 g/mol. The first-order valence-corrected chi connectivity index (χ1v) is 6.08. The molecule has 0 aromatic carbocycles. The largest absolute Gasteiger partial charge is 0.290 e. The summed E-state index contributed by atoms with van der Waals surface area (Å²) in [6.07, 6.45) is 6.53. The number of carbonyl (C=O) groups is 1. The van der Waals surface area contributed by atoms with Gasteiger partial charge in [0.2, 0.25) is 0 Å². The monoisotopic (exact) mass is 216 g/mol. The molecule has 0 N–H and O–H groups in total. The van der Waals surface area contributed by atoms with Gasteiger partial charge in [-0.1, -0.05) is 22.8 Å². The van der Waals surface area contributed by atoms with Crippen molar-refractivity contribution in [2.45, 2.75) is 40.5 Å². The lowest BCUT2D eigenvalue weighted by atomic mass is 9.68. The van der Waals surface area contributed by atoms with Gasteiger partial charge in [-0.05, 0) is 52.5 Å². The van der Waals surface area contributed by atoms with Gasteiger partial charge in [0.15, 0.2) is 5.78 Å². The van der Waals surface area contributed by atoms with Crippen molar-refractivity contribution in [3.05, 3.63) is 34.4 Å². The molecule has 2 aliphatic carbocycles. The molecule has 16 heavy (non-hydrogen) atoms. The van der Waals surface area contributed by atoms with Crippen LogP contribution < -0.4 is 0 Å². The van der Waals surface area contributed by atoms with Crippen LogP contribution in [0.5, 0.6) is 0 Å². The van der Waals surface area contributed by atoms with Gasteiger partial charge in [0.05, 0.1) is 0 Å². The number of ketones is 1. The highest BCUT2D eigenvalue weighted by atomic mass is 16.1. The molecule has 86 valence electrons. The Morgan fingerprint density at radius 1 is 1.31 bits per heavy atom. The Hall–Kier alpha value is -1.11. The van der Waals surface area contributed by atoms with E-state index in [1.807, 2.05) is 6.08 Å². The smallest absolute Gasteiger partial charge is 0.182 e. The maximum absolute atomic E-state index is 12.0. The Labute approximate surface area is 97.9 Å². The lowest BCUT2D eigenvalue weighted by Crippen LogP contribution is -2.28. The van der Waals surface area contributed by atoms with Crippen LogP contribution in [0.25, 0.3) is 0 Å². The number of hydrogen-bond acceptors (Lipinski definition) is 1. The second-order valence-electron chi connectivity index (χ2n) is 5.35. The van der Waals surface area contributed by atoms with E-state index in [-0.39, 0.29) is 5.78 Å². The van der Waals surface area contributed by atoms with Crippen LogP contribution in [0.4, 0.5) is 0 Å². The van der Waals surface area contributed by atoms with Crippen LogP contribution in [0, 0.1) is 11.8 Å². The summed E-state index contributed by atoms with van der Waals surface area (Å²) < 4.78 is 0. The number of fused-ring (bicyclic) bond motifs is 1. The molecule has 0 aromatic heterocycles. The van der Waals surface area contributed by atoms with Crippen molar-refractivity contribution in [3.63, 3.8) is 0 Å². The standard InChI is InChI=1S/C15H20O/c1-9(2)15-13-7-10(3)5-6-12(13)11(4)8-14(15)16/h7-8,12-13H,5-6H2,1-4H3/t12-,13-/m1/s1. The molecule has 0 heterocycles. The third-order valence-corrected chi connectivity index (χ3v) is 3.83. The summed E-state index contributed by atoms with van der Waals surface area (Å²) in [4.78, 5) is 12.0. The van der Waals surface area contributed by atoms with Gasteiger partial charge in [-0.2, -0.15) is 0 Å². The fourth-order valence-corrected chi connectivity index (χ4v) is 3.00. The van der Waals surface area contributed by atoms with E-state index < -0.39 is 0 Å². The second-order valence-corrected chi connectivity index (χ2v) is 5.35. The molecular formula is C15H20O. The molecular weight excluding hydrogens is 196 g/mol. The van der Waals surface area contributed by atoms with Gasteiger partial charge in [-0.15, -0.1) is 0 Å². The highest BCUT2D eigenvalue weighted by molar-refractivity contribution is 6.06. The molecule has 2 aliphatic rings. The van der Waals surface area contributed by atoms with E-state index >= 15 is 0 Å². The van der Waals surface area contributed by atoms with Crippen molar-refractivity contribution < 1.29 is 4.79 Å². The molecule has 1 nitrogen and oxygen atoms in total. The molecule has 0 saturated heterocycles. The van der Waals surface area contributed by atoms with Crippen molar-refractivity contribution in [2.75, 3.05) is 0 Å². The number of hydrogen-bond donors (Lipinski definition) is 0. The first kappa shape index (κ1) is 11.4. The topological polar surface area (TPSA) is 17.1 Å². The van der Waals surface area contributed by atoms with Crippen LogP contribution in [-0.4, -0.2) is 5.78 Å². The Morgan fingerprint density at radius 3 is 2.62 bits per heavy atom. The zero-order chi connectivity index (χ0) is 11.9. The summed E-state index contributed by atoms with van der Waals surface area (Å²) in [6, 6.07) is 0. The van der Waals surface area contributed by atoms with Crippen molar-refractivity contribution in [2.24, 2.45) is 11.8 Å². The minimum atomic E-state index is 0.227. The van der Waals surface area contributed by atoms with Gasteiger partial charge >= 0.3 is 0 Å². The summed E-state index contributed by atoms with van der Waals surface area (Å²) in [7, 11) is 0. The van der Waals surface area contributed by atoms with E-state index in [2.05, 4.69) is 33.8 Å². The summed E-state index contributed by atoms with van der Waals surface area (Å²) in [5, 5.41) is 0. The first-order valence-electron chi connectivity index (χ1n) is 6.08. The maximum atomic E-state index is 12.0. The molecule has 0 fully saturated rings. The molecule has 2 atom stereocenters. The molecule has 0 saturated carbocycles. The predicted molar refractivity (Wildman–Crippen MR) is 67.1 cm³/mol. The zero-order valence-corrected chi connectivity index (χ0v) is 10.6. The van der Waals surface area contributed by atoms with E-state index in [1.165, 1.54) is 29.6 Å². The summed E-state index contributed by atoms with van der Waals surface area (Å²) in [6.45, 7) is 8.38. The van der Waals surface area contributed by atoms with E-state index in [9.17, 15) is 4.79 Å². The van der Waals surface area contributed by atoms with Crippen LogP contribution in [-0.2, 0) is 4.79 Å². The van der Waals surface area contributed by atoms with Crippen molar-refractivity contribution in [3.8, 4) is 0 Å². The van der Waals surface area contributed by atoms with Gasteiger partial charge in [0.25, 0.3) is 0 Å². The van der Waals surface area contributed by atoms with Crippen LogP contribution in [0.2, 0.25) is 0 Å². The van der Waals surface area contributed by atoms with Gasteiger partial charge in [0, 0.05) is 11.5 Å². The molecule has 1 heteroatoms. The molecule has 0 spiro atoms. The third kappa shape index (κ3) is 1.79. The van der Waals surface area contributed by atoms with Gasteiger partial charge in [-0.25, -0.2) is 0 Å². The quantitative estimate of drug-likeness (QED) is 0.444. The van der Waals surface area contributed by atoms with Crippen molar-refractivity contribution in [1.82, 2.24) is 0 Å². The van der Waals surface area contributed by atoms with Crippen LogP contribution in [0.3, 0.4) is 0 Å². The lowest BCUT2D eigenvalue weighted by Gasteiger charge is -2.35. The van der Waals surface area contributed by atoms with E-state index in [4.69, 9.17) is 0 Å². The molecule has 0 amide bonds. The zero-order valence-electron chi connectivity index (χ0n) is 10.6. The highest BCUT2D eigenvalue weighted by Gasteiger charge is 2.34. The van der Waals surface area contributed by atoms with Crippen LogP contribution in [0.15, 0.2) is 34.4 Å². The summed E-state index contributed by atoms with van der Waals surface area (Å²) in [5.74, 6) is 1.13. The maximum Gasteiger partial charge on any atom is 0.182 e. The molecule has 0 aliphatic heterocycles. The predicted octanol–water partition coefficient (Wildman–Crippen LogP) is 3.82. The fraction of sp³-hybridized carbons (Fsp3) is 0.533. The first-order chi connectivity index (χ1) is 7.50. The Bertz CT molecular complexity index is 417. The van der Waals surface area contributed by atoms with Crippen LogP contribution in [0.1, 0.15) is 40.5 Å². The van der Waals surface area contributed by atoms with Crippen molar-refractivity contribution in [1.29, 1.82) is 0 Å². The summed E-state index contributed by atoms with van der Waals surface area (Å²) >= 11 is 0. The minimum absolute atomic E-state index is 0.227. The van der Waals surface area contributed by atoms with E-state index in [0.29, 0.717) is 11.8 Å². The van der Waals surface area contributed by atoms with Gasteiger partial charge in [-0.3, -0.25) is 4.79 Å². The molecule has 0 radical (unpaired) electrons. The fourth-order valence-electron chi connectivity index (χ4n) is 3.00. The average Bonchev–Trinajstić information content (AvgIpc) is 2.15. The van der Waals surface area contributed by atoms with Crippen LogP contribution >= 0.6 is 0 Å². The van der Waals surface area contributed by atoms with E-state index in [0.717, 1.165) is 5.57 Å². The Kier molecular flexibility index (Phi) is 2.88. The molecule has 0 aromatic rings. The number of rotatable bonds is 0. The van der Waals surface area contributed by atoms with E-state index in [1.54, 1.807) is 0 Å². The normalized spacial score (nSPS) is 29.5. The molecule has 0 bridgehead atoms.